The summed E-state index contributed by atoms with van der Waals surface area (Å²) in [6, 6.07) is 5.53. The van der Waals surface area contributed by atoms with E-state index >= 15 is 0 Å². The summed E-state index contributed by atoms with van der Waals surface area (Å²) in [5.41, 5.74) is 1.05. The first-order chi connectivity index (χ1) is 12.5. The van der Waals surface area contributed by atoms with E-state index in [4.69, 9.17) is 11.6 Å². The first-order valence-electron chi connectivity index (χ1n) is 9.10. The molecule has 7 heteroatoms. The van der Waals surface area contributed by atoms with Crippen molar-refractivity contribution in [2.75, 3.05) is 22.6 Å². The molecule has 2 saturated heterocycles. The highest BCUT2D eigenvalue weighted by Crippen LogP contribution is 2.30. The molecule has 4 nitrogen and oxygen atoms in total. The molecule has 3 atom stereocenters. The fourth-order valence-corrected chi connectivity index (χ4v) is 6.34. The molecule has 3 unspecified atom stereocenters. The van der Waals surface area contributed by atoms with Crippen molar-refractivity contribution < 1.29 is 9.59 Å². The van der Waals surface area contributed by atoms with E-state index in [0.29, 0.717) is 16.3 Å². The van der Waals surface area contributed by atoms with Crippen molar-refractivity contribution in [2.45, 2.75) is 50.4 Å². The van der Waals surface area contributed by atoms with Gasteiger partial charge in [-0.25, -0.2) is 0 Å². The molecule has 0 aliphatic carbocycles. The van der Waals surface area contributed by atoms with E-state index in [1.165, 1.54) is 0 Å². The van der Waals surface area contributed by atoms with E-state index in [9.17, 15) is 9.59 Å². The van der Waals surface area contributed by atoms with Crippen molar-refractivity contribution in [3.8, 4) is 0 Å². The summed E-state index contributed by atoms with van der Waals surface area (Å²) in [4.78, 5) is 27.8. The maximum Gasteiger partial charge on any atom is 0.256 e. The molecule has 2 aliphatic rings. The molecule has 0 aromatic heterocycles. The number of carbonyl (C=O) groups excluding carboxylic acids is 2. The number of nitrogens with one attached hydrogen (secondary N) is 1. The molecule has 3 rings (SSSR count). The normalized spacial score (nSPS) is 26.4. The zero-order valence-corrected chi connectivity index (χ0v) is 17.6. The highest BCUT2D eigenvalue weighted by atomic mass is 35.5. The Labute approximate surface area is 168 Å². The average molecular weight is 413 g/mol. The van der Waals surface area contributed by atoms with Gasteiger partial charge in [0.2, 0.25) is 5.91 Å². The van der Waals surface area contributed by atoms with E-state index in [1.807, 2.05) is 4.90 Å². The standard InChI is InChI=1S/C19H25ClN2O2S2/c1-12-4-3-5-13(2)22(12)19(24)15-10-14(20)6-7-16(15)21-18(23)17-11-25-8-9-26-17/h6-7,10,12-13,17H,3-5,8-9,11H2,1-2H3,(H,21,23). The van der Waals surface area contributed by atoms with Gasteiger partial charge in [0.1, 0.15) is 0 Å². The minimum absolute atomic E-state index is 0.0293. The van der Waals surface area contributed by atoms with Crippen LogP contribution in [0.25, 0.3) is 0 Å². The Morgan fingerprint density at radius 2 is 1.92 bits per heavy atom. The van der Waals surface area contributed by atoms with Crippen molar-refractivity contribution in [3.05, 3.63) is 28.8 Å². The van der Waals surface area contributed by atoms with E-state index in [2.05, 4.69) is 19.2 Å². The molecule has 2 fully saturated rings. The molecule has 1 aromatic rings. The van der Waals surface area contributed by atoms with Gasteiger partial charge in [0, 0.05) is 34.4 Å². The Morgan fingerprint density at radius 1 is 1.19 bits per heavy atom. The molecule has 0 spiro atoms. The Bertz CT molecular complexity index is 670. The third-order valence-corrected chi connectivity index (χ3v) is 8.00. The summed E-state index contributed by atoms with van der Waals surface area (Å²) in [5.74, 6) is 2.81. The summed E-state index contributed by atoms with van der Waals surface area (Å²) in [6.45, 7) is 4.18. The number of thioether (sulfide) groups is 2. The van der Waals surface area contributed by atoms with Gasteiger partial charge in [0.05, 0.1) is 16.5 Å². The average Bonchev–Trinajstić information content (AvgIpc) is 2.63. The Kier molecular flexibility index (Phi) is 6.81. The SMILES string of the molecule is CC1CCCC(C)N1C(=O)c1cc(Cl)ccc1NC(=O)C1CSCCS1. The number of anilines is 1. The maximum atomic E-state index is 13.3. The van der Waals surface area contributed by atoms with Crippen LogP contribution in [0.5, 0.6) is 0 Å². The summed E-state index contributed by atoms with van der Waals surface area (Å²) in [5, 5.41) is 3.41. The fraction of sp³-hybridized carbons (Fsp3) is 0.579. The lowest BCUT2D eigenvalue weighted by molar-refractivity contribution is -0.115. The number of carbonyl (C=O) groups is 2. The number of rotatable bonds is 3. The van der Waals surface area contributed by atoms with Crippen LogP contribution in [0.2, 0.25) is 5.02 Å². The number of nitrogens with zero attached hydrogens (tertiary/aromatic N) is 1. The van der Waals surface area contributed by atoms with E-state index in [1.54, 1.807) is 41.7 Å². The van der Waals surface area contributed by atoms with Crippen LogP contribution < -0.4 is 5.32 Å². The fourth-order valence-electron chi connectivity index (χ4n) is 3.62. The molecule has 2 amide bonds. The second-order valence-corrected chi connectivity index (χ2v) is 9.85. The molecule has 0 saturated carbocycles. The van der Waals surface area contributed by atoms with E-state index < -0.39 is 0 Å². The topological polar surface area (TPSA) is 49.4 Å². The maximum absolute atomic E-state index is 13.3. The molecule has 1 aromatic carbocycles. The molecule has 1 N–H and O–H groups in total. The molecular weight excluding hydrogens is 388 g/mol. The minimum Gasteiger partial charge on any atom is -0.333 e. The van der Waals surface area contributed by atoms with Gasteiger partial charge in [-0.3, -0.25) is 9.59 Å². The number of piperidine rings is 1. The van der Waals surface area contributed by atoms with Gasteiger partial charge >= 0.3 is 0 Å². The van der Waals surface area contributed by atoms with Gasteiger partial charge in [-0.1, -0.05) is 11.6 Å². The smallest absolute Gasteiger partial charge is 0.256 e. The second kappa shape index (κ2) is 8.89. The van der Waals surface area contributed by atoms with Crippen molar-refractivity contribution in [1.82, 2.24) is 4.90 Å². The van der Waals surface area contributed by atoms with Gasteiger partial charge in [-0.05, 0) is 51.3 Å². The lowest BCUT2D eigenvalue weighted by Crippen LogP contribution is -2.47. The summed E-state index contributed by atoms with van der Waals surface area (Å²) >= 11 is 9.65. The van der Waals surface area contributed by atoms with Crippen LogP contribution in [0.15, 0.2) is 18.2 Å². The quantitative estimate of drug-likeness (QED) is 0.792. The molecule has 142 valence electrons. The van der Waals surface area contributed by atoms with Gasteiger partial charge in [-0.15, -0.1) is 11.8 Å². The predicted octanol–water partition coefficient (Wildman–Crippen LogP) is 4.53. The lowest BCUT2D eigenvalue weighted by Gasteiger charge is -2.39. The van der Waals surface area contributed by atoms with Crippen LogP contribution in [0.4, 0.5) is 5.69 Å². The van der Waals surface area contributed by atoms with Gasteiger partial charge in [0.25, 0.3) is 5.91 Å². The first-order valence-corrected chi connectivity index (χ1v) is 11.7. The van der Waals surface area contributed by atoms with Gasteiger partial charge in [0.15, 0.2) is 0 Å². The van der Waals surface area contributed by atoms with E-state index in [0.717, 1.165) is 36.5 Å². The summed E-state index contributed by atoms with van der Waals surface area (Å²) in [7, 11) is 0. The van der Waals surface area contributed by atoms with Crippen LogP contribution in [0.1, 0.15) is 43.5 Å². The third-order valence-electron chi connectivity index (χ3n) is 5.01. The van der Waals surface area contributed by atoms with Crippen molar-refractivity contribution in [1.29, 1.82) is 0 Å². The molecule has 2 aliphatic heterocycles. The van der Waals surface area contributed by atoms with Crippen molar-refractivity contribution in [2.24, 2.45) is 0 Å². The molecule has 2 heterocycles. The summed E-state index contributed by atoms with van der Waals surface area (Å²) in [6.07, 6.45) is 3.16. The highest BCUT2D eigenvalue weighted by Gasteiger charge is 2.31. The largest absolute Gasteiger partial charge is 0.333 e. The zero-order chi connectivity index (χ0) is 18.7. The Hall–Kier alpha value is -0.850. The Balaban J connectivity index is 1.83. The molecule has 0 bridgehead atoms. The van der Waals surface area contributed by atoms with Gasteiger partial charge in [-0.2, -0.15) is 11.8 Å². The van der Waals surface area contributed by atoms with Crippen LogP contribution >= 0.6 is 35.1 Å². The zero-order valence-electron chi connectivity index (χ0n) is 15.2. The third kappa shape index (κ3) is 4.52. The van der Waals surface area contributed by atoms with Crippen molar-refractivity contribution in [3.63, 3.8) is 0 Å². The number of amides is 2. The highest BCUT2D eigenvalue weighted by molar-refractivity contribution is 8.07. The van der Waals surface area contributed by atoms with Gasteiger partial charge < -0.3 is 10.2 Å². The van der Waals surface area contributed by atoms with E-state index in [-0.39, 0.29) is 29.1 Å². The molecule has 0 radical (unpaired) electrons. The van der Waals surface area contributed by atoms with Crippen LogP contribution in [-0.2, 0) is 4.79 Å². The number of likely N-dealkylation sites (tertiary alicyclic amines) is 1. The van der Waals surface area contributed by atoms with Crippen LogP contribution in [-0.4, -0.2) is 51.3 Å². The molecular formula is C19H25ClN2O2S2. The first kappa shape index (κ1) is 19.9. The molecule has 26 heavy (non-hydrogen) atoms. The number of benzene rings is 1. The monoisotopic (exact) mass is 412 g/mol. The Morgan fingerprint density at radius 3 is 2.58 bits per heavy atom. The lowest BCUT2D eigenvalue weighted by atomic mass is 9.96. The number of halogens is 1. The number of hydrogen-bond donors (Lipinski definition) is 1. The number of hydrogen-bond acceptors (Lipinski definition) is 4. The second-order valence-electron chi connectivity index (χ2n) is 6.95. The predicted molar refractivity (Wildman–Crippen MR) is 113 cm³/mol. The minimum atomic E-state index is -0.0692. The van der Waals surface area contributed by atoms with Crippen LogP contribution in [0.3, 0.4) is 0 Å². The van der Waals surface area contributed by atoms with Crippen LogP contribution in [0, 0.1) is 0 Å². The van der Waals surface area contributed by atoms with Crippen molar-refractivity contribution >= 4 is 52.6 Å². The summed E-state index contributed by atoms with van der Waals surface area (Å²) < 4.78 is 0.